The quantitative estimate of drug-likeness (QED) is 0.462. The number of fused-ring (bicyclic) bond motifs is 1. The summed E-state index contributed by atoms with van der Waals surface area (Å²) >= 11 is 6.00. The molecule has 0 aliphatic rings. The third-order valence-corrected chi connectivity index (χ3v) is 4.98. The smallest absolute Gasteiger partial charge is 0.256 e. The number of hydrogen-bond acceptors (Lipinski definition) is 5. The summed E-state index contributed by atoms with van der Waals surface area (Å²) in [5, 5.41) is 13.2. The minimum atomic E-state index is -0.232. The molecule has 0 aliphatic carbocycles. The van der Waals surface area contributed by atoms with Crippen molar-refractivity contribution in [3.8, 4) is 11.5 Å². The minimum absolute atomic E-state index is 0.232. The summed E-state index contributed by atoms with van der Waals surface area (Å²) in [6.45, 7) is 1.85. The van der Waals surface area contributed by atoms with Gasteiger partial charge in [-0.15, -0.1) is 0 Å². The number of nitrogens with zero attached hydrogens (tertiary/aromatic N) is 6. The zero-order chi connectivity index (χ0) is 21.4. The lowest BCUT2D eigenvalue weighted by Crippen LogP contribution is -2.15. The first-order chi connectivity index (χ1) is 15.1. The van der Waals surface area contributed by atoms with E-state index in [9.17, 15) is 4.79 Å². The van der Waals surface area contributed by atoms with E-state index in [0.717, 1.165) is 11.4 Å². The van der Waals surface area contributed by atoms with Gasteiger partial charge in [0.1, 0.15) is 12.1 Å². The summed E-state index contributed by atoms with van der Waals surface area (Å²) in [5.41, 5.74) is 2.72. The average Bonchev–Trinajstić information content (AvgIpc) is 3.38. The van der Waals surface area contributed by atoms with Crippen molar-refractivity contribution in [1.82, 2.24) is 29.5 Å². The topological polar surface area (TPSA) is 90.5 Å². The lowest BCUT2D eigenvalue weighted by atomic mass is 10.2. The molecule has 5 aromatic rings. The molecule has 0 atom stereocenters. The van der Waals surface area contributed by atoms with Gasteiger partial charge in [0.15, 0.2) is 11.5 Å². The van der Waals surface area contributed by atoms with Crippen LogP contribution in [0.4, 0.5) is 5.82 Å². The molecule has 2 aromatic carbocycles. The lowest BCUT2D eigenvalue weighted by molar-refractivity contribution is 0.102. The van der Waals surface area contributed by atoms with E-state index in [0.29, 0.717) is 33.3 Å². The molecule has 1 amide bonds. The Kier molecular flexibility index (Phi) is 4.68. The van der Waals surface area contributed by atoms with Gasteiger partial charge >= 0.3 is 0 Å². The van der Waals surface area contributed by atoms with Gasteiger partial charge in [0, 0.05) is 16.7 Å². The first-order valence-electron chi connectivity index (χ1n) is 9.48. The fraction of sp³-hybridized carbons (Fsp3) is 0.0455. The number of rotatable bonds is 4. The molecule has 5 rings (SSSR count). The van der Waals surface area contributed by atoms with Crippen LogP contribution < -0.4 is 5.32 Å². The summed E-state index contributed by atoms with van der Waals surface area (Å²) in [6, 6.07) is 18.1. The number of halogens is 1. The molecule has 0 radical (unpaired) electrons. The Morgan fingerprint density at radius 1 is 1.00 bits per heavy atom. The van der Waals surface area contributed by atoms with E-state index in [4.69, 9.17) is 11.6 Å². The second-order valence-electron chi connectivity index (χ2n) is 6.87. The van der Waals surface area contributed by atoms with Crippen LogP contribution in [0.5, 0.6) is 0 Å². The Bertz CT molecular complexity index is 1390. The van der Waals surface area contributed by atoms with Crippen LogP contribution in [-0.2, 0) is 0 Å². The van der Waals surface area contributed by atoms with Crippen LogP contribution >= 0.6 is 11.6 Å². The van der Waals surface area contributed by atoms with Crippen LogP contribution in [0.1, 0.15) is 16.1 Å². The van der Waals surface area contributed by atoms with E-state index in [-0.39, 0.29) is 5.91 Å². The molecule has 0 bridgehead atoms. The second kappa shape index (κ2) is 7.66. The molecule has 3 aromatic heterocycles. The van der Waals surface area contributed by atoms with Gasteiger partial charge in [-0.05, 0) is 43.3 Å². The highest BCUT2D eigenvalue weighted by Crippen LogP contribution is 2.25. The maximum atomic E-state index is 12.7. The first-order valence-corrected chi connectivity index (χ1v) is 9.86. The van der Waals surface area contributed by atoms with Crippen molar-refractivity contribution in [2.24, 2.45) is 0 Å². The fourth-order valence-electron chi connectivity index (χ4n) is 3.30. The Labute approximate surface area is 182 Å². The first kappa shape index (κ1) is 19.0. The molecule has 9 heteroatoms. The van der Waals surface area contributed by atoms with E-state index < -0.39 is 0 Å². The fourth-order valence-corrected chi connectivity index (χ4v) is 3.43. The van der Waals surface area contributed by atoms with E-state index in [1.54, 1.807) is 45.9 Å². The maximum Gasteiger partial charge on any atom is 0.256 e. The highest BCUT2D eigenvalue weighted by Gasteiger charge is 2.18. The number of hydrogen-bond donors (Lipinski definition) is 1. The SMILES string of the molecule is Cc1cc(NC(=O)c2ccccc2)n(-c2ncnc3c2cnn3-c2ccc(Cl)cc2)n1. The molecule has 0 fully saturated rings. The third kappa shape index (κ3) is 3.53. The van der Waals surface area contributed by atoms with Crippen LogP contribution in [0.3, 0.4) is 0 Å². The van der Waals surface area contributed by atoms with Crippen molar-refractivity contribution in [3.05, 3.63) is 89.5 Å². The van der Waals surface area contributed by atoms with Gasteiger partial charge in [0.05, 0.1) is 23.0 Å². The van der Waals surface area contributed by atoms with Crippen molar-refractivity contribution in [2.45, 2.75) is 6.92 Å². The molecule has 31 heavy (non-hydrogen) atoms. The summed E-state index contributed by atoms with van der Waals surface area (Å²) in [7, 11) is 0. The van der Waals surface area contributed by atoms with Gasteiger partial charge in [-0.2, -0.15) is 14.9 Å². The Morgan fingerprint density at radius 3 is 2.55 bits per heavy atom. The number of anilines is 1. The highest BCUT2D eigenvalue weighted by molar-refractivity contribution is 6.30. The molecule has 0 saturated carbocycles. The van der Waals surface area contributed by atoms with Crippen molar-refractivity contribution in [2.75, 3.05) is 5.32 Å². The summed E-state index contributed by atoms with van der Waals surface area (Å²) in [4.78, 5) is 21.5. The van der Waals surface area contributed by atoms with Gasteiger partial charge in [-0.1, -0.05) is 29.8 Å². The van der Waals surface area contributed by atoms with Crippen LogP contribution in [0.25, 0.3) is 22.5 Å². The predicted octanol–water partition coefficient (Wildman–Crippen LogP) is 4.22. The van der Waals surface area contributed by atoms with Crippen molar-refractivity contribution >= 4 is 34.4 Å². The van der Waals surface area contributed by atoms with Crippen molar-refractivity contribution in [1.29, 1.82) is 0 Å². The number of benzene rings is 2. The zero-order valence-electron chi connectivity index (χ0n) is 16.4. The van der Waals surface area contributed by atoms with E-state index >= 15 is 0 Å². The van der Waals surface area contributed by atoms with E-state index in [2.05, 4.69) is 25.5 Å². The summed E-state index contributed by atoms with van der Waals surface area (Å²) in [6.07, 6.45) is 3.13. The Morgan fingerprint density at radius 2 is 1.77 bits per heavy atom. The maximum absolute atomic E-state index is 12.7. The molecule has 0 unspecified atom stereocenters. The normalized spacial score (nSPS) is 11.0. The monoisotopic (exact) mass is 429 g/mol. The molecular formula is C22H16ClN7O. The number of carbonyl (C=O) groups is 1. The third-order valence-electron chi connectivity index (χ3n) is 4.73. The molecule has 0 spiro atoms. The average molecular weight is 430 g/mol. The van der Waals surface area contributed by atoms with Crippen LogP contribution in [0.15, 0.2) is 73.2 Å². The molecular weight excluding hydrogens is 414 g/mol. The van der Waals surface area contributed by atoms with Gasteiger partial charge in [0.25, 0.3) is 5.91 Å². The number of aromatic nitrogens is 6. The molecule has 8 nitrogen and oxygen atoms in total. The highest BCUT2D eigenvalue weighted by atomic mass is 35.5. The number of aryl methyl sites for hydroxylation is 1. The van der Waals surface area contributed by atoms with Crippen molar-refractivity contribution in [3.63, 3.8) is 0 Å². The summed E-state index contributed by atoms with van der Waals surface area (Å²) in [5.74, 6) is 0.788. The van der Waals surface area contributed by atoms with Crippen molar-refractivity contribution < 1.29 is 4.79 Å². The van der Waals surface area contributed by atoms with Crippen LogP contribution in [0.2, 0.25) is 5.02 Å². The van der Waals surface area contributed by atoms with Gasteiger partial charge < -0.3 is 5.32 Å². The second-order valence-corrected chi connectivity index (χ2v) is 7.31. The van der Waals surface area contributed by atoms with Crippen LogP contribution in [0, 0.1) is 6.92 Å². The molecule has 0 saturated heterocycles. The molecule has 1 N–H and O–H groups in total. The number of amides is 1. The lowest BCUT2D eigenvalue weighted by Gasteiger charge is -2.09. The number of nitrogens with one attached hydrogen (secondary N) is 1. The number of carbonyl (C=O) groups excluding carboxylic acids is 1. The van der Waals surface area contributed by atoms with E-state index in [1.165, 1.54) is 6.33 Å². The largest absolute Gasteiger partial charge is 0.306 e. The standard InChI is InChI=1S/C22H16ClN7O/c1-14-11-19(27-22(31)15-5-3-2-4-6-15)30(28-14)21-18-12-26-29(20(18)24-13-25-21)17-9-7-16(23)8-10-17/h2-13H,1H3,(H,27,31). The molecule has 0 aliphatic heterocycles. The zero-order valence-corrected chi connectivity index (χ0v) is 17.2. The minimum Gasteiger partial charge on any atom is -0.306 e. The molecule has 152 valence electrons. The Balaban J connectivity index is 1.57. The van der Waals surface area contributed by atoms with E-state index in [1.807, 2.05) is 37.3 Å². The van der Waals surface area contributed by atoms with Gasteiger partial charge in [-0.25, -0.2) is 14.6 Å². The predicted molar refractivity (Wildman–Crippen MR) is 118 cm³/mol. The van der Waals surface area contributed by atoms with Gasteiger partial charge in [-0.3, -0.25) is 4.79 Å². The molecule has 3 heterocycles. The van der Waals surface area contributed by atoms with Crippen LogP contribution in [-0.4, -0.2) is 35.4 Å². The summed E-state index contributed by atoms with van der Waals surface area (Å²) < 4.78 is 3.30. The van der Waals surface area contributed by atoms with Gasteiger partial charge in [0.2, 0.25) is 0 Å². The Hall–Kier alpha value is -4.04.